The molecule has 0 N–H and O–H groups in total. The van der Waals surface area contributed by atoms with Crippen LogP contribution in [-0.4, -0.2) is 10.8 Å². The lowest BCUT2D eigenvalue weighted by atomic mass is 10.1. The van der Waals surface area contributed by atoms with Gasteiger partial charge in [-0.3, -0.25) is 4.79 Å². The maximum Gasteiger partial charge on any atom is 0.249 e. The van der Waals surface area contributed by atoms with E-state index in [0.717, 1.165) is 23.1 Å². The molecule has 0 saturated heterocycles. The molecule has 0 spiro atoms. The molecule has 0 heterocycles. The van der Waals surface area contributed by atoms with Crippen LogP contribution in [0.25, 0.3) is 0 Å². The Hall–Kier alpha value is -2.79. The average molecular weight is 317 g/mol. The summed E-state index contributed by atoms with van der Waals surface area (Å²) in [6, 6.07) is 20.1. The van der Waals surface area contributed by atoms with E-state index in [-0.39, 0.29) is 5.91 Å². The highest BCUT2D eigenvalue weighted by Crippen LogP contribution is 2.14. The fourth-order valence-corrected chi connectivity index (χ4v) is 2.52. The van der Waals surface area contributed by atoms with Gasteiger partial charge in [-0.05, 0) is 24.5 Å². The average Bonchev–Trinajstić information content (AvgIpc) is 2.62. The van der Waals surface area contributed by atoms with Gasteiger partial charge in [-0.15, -0.1) is 12.3 Å². The van der Waals surface area contributed by atoms with Crippen molar-refractivity contribution in [1.29, 1.82) is 0 Å². The molecule has 0 aliphatic heterocycles. The van der Waals surface area contributed by atoms with E-state index in [1.165, 1.54) is 0 Å². The van der Waals surface area contributed by atoms with Gasteiger partial charge in [0.1, 0.15) is 0 Å². The minimum Gasteiger partial charge on any atom is -0.330 e. The molecule has 0 aromatic heterocycles. The fraction of sp³-hybridized carbons (Fsp3) is 0.227. The van der Waals surface area contributed by atoms with Crippen LogP contribution in [0.4, 0.5) is 0 Å². The number of rotatable bonds is 7. The van der Waals surface area contributed by atoms with Gasteiger partial charge in [-0.2, -0.15) is 0 Å². The molecule has 0 unspecified atom stereocenters. The predicted octanol–water partition coefficient (Wildman–Crippen LogP) is 4.58. The first-order valence-corrected chi connectivity index (χ1v) is 8.18. The van der Waals surface area contributed by atoms with Crippen LogP contribution >= 0.6 is 0 Å². The van der Waals surface area contributed by atoms with Crippen molar-refractivity contribution >= 4 is 5.91 Å². The summed E-state index contributed by atoms with van der Waals surface area (Å²) in [5.74, 6) is 2.66. The summed E-state index contributed by atoms with van der Waals surface area (Å²) < 4.78 is 0. The van der Waals surface area contributed by atoms with E-state index in [0.29, 0.717) is 19.5 Å². The van der Waals surface area contributed by atoms with Crippen LogP contribution in [0.1, 0.15) is 30.9 Å². The number of nitrogens with zero attached hydrogens (tertiary/aromatic N) is 1. The largest absolute Gasteiger partial charge is 0.330 e. The summed E-state index contributed by atoms with van der Waals surface area (Å²) in [5.41, 5.74) is 2.99. The van der Waals surface area contributed by atoms with Crippen molar-refractivity contribution in [2.24, 2.45) is 0 Å². The molecule has 2 aromatic rings. The molecule has 0 saturated carbocycles. The third-order valence-electron chi connectivity index (χ3n) is 3.80. The molecule has 0 bridgehead atoms. The number of amides is 1. The van der Waals surface area contributed by atoms with Crippen LogP contribution < -0.4 is 0 Å². The van der Waals surface area contributed by atoms with E-state index < -0.39 is 0 Å². The first-order valence-electron chi connectivity index (χ1n) is 8.18. The van der Waals surface area contributed by atoms with Crippen molar-refractivity contribution in [1.82, 2.24) is 4.90 Å². The molecule has 2 heteroatoms. The molecule has 122 valence electrons. The molecule has 0 aliphatic carbocycles. The minimum atomic E-state index is 0.0553. The topological polar surface area (TPSA) is 20.3 Å². The van der Waals surface area contributed by atoms with E-state index >= 15 is 0 Å². The van der Waals surface area contributed by atoms with Crippen LogP contribution in [-0.2, 0) is 17.9 Å². The second kappa shape index (κ2) is 9.37. The molecule has 0 atom stereocenters. The lowest BCUT2D eigenvalue weighted by Gasteiger charge is -2.23. The Morgan fingerprint density at radius 3 is 1.96 bits per heavy atom. The van der Waals surface area contributed by atoms with Crippen molar-refractivity contribution in [2.75, 3.05) is 0 Å². The van der Waals surface area contributed by atoms with Crippen LogP contribution in [0.5, 0.6) is 0 Å². The Bertz CT molecular complexity index is 669. The lowest BCUT2D eigenvalue weighted by molar-refractivity contribution is -0.128. The smallest absolute Gasteiger partial charge is 0.249 e. The number of benzene rings is 2. The maximum atomic E-state index is 12.9. The Morgan fingerprint density at radius 2 is 1.50 bits per heavy atom. The second-order valence-corrected chi connectivity index (χ2v) is 5.76. The molecular formula is C22H23NO. The molecular weight excluding hydrogens is 294 g/mol. The highest BCUT2D eigenvalue weighted by molar-refractivity contribution is 5.92. The Labute approximate surface area is 144 Å². The first-order chi connectivity index (χ1) is 11.7. The SMILES string of the molecule is C#CCC/C=C(/C)C(=O)N(Cc1ccccc1)Cc1ccccc1. The van der Waals surface area contributed by atoms with Crippen LogP contribution in [0.3, 0.4) is 0 Å². The standard InChI is InChI=1S/C22H23NO/c1-3-4-7-12-19(2)22(24)23(17-20-13-8-5-9-14-20)18-21-15-10-6-11-16-21/h1,5-6,8-16H,4,7,17-18H2,2H3/b19-12-. The number of hydrogen-bond acceptors (Lipinski definition) is 1. The zero-order chi connectivity index (χ0) is 17.2. The maximum absolute atomic E-state index is 12.9. The summed E-state index contributed by atoms with van der Waals surface area (Å²) in [5, 5.41) is 0. The zero-order valence-corrected chi connectivity index (χ0v) is 14.1. The number of hydrogen-bond donors (Lipinski definition) is 0. The molecule has 2 rings (SSSR count). The Kier molecular flexibility index (Phi) is 6.86. The lowest BCUT2D eigenvalue weighted by Crippen LogP contribution is -2.30. The van der Waals surface area contributed by atoms with Gasteiger partial charge in [-0.25, -0.2) is 0 Å². The van der Waals surface area contributed by atoms with Crippen LogP contribution in [0.2, 0.25) is 0 Å². The molecule has 24 heavy (non-hydrogen) atoms. The summed E-state index contributed by atoms with van der Waals surface area (Å²) >= 11 is 0. The van der Waals surface area contributed by atoms with Gasteiger partial charge in [0, 0.05) is 25.1 Å². The summed E-state index contributed by atoms with van der Waals surface area (Å²) in [6.45, 7) is 3.05. The van der Waals surface area contributed by atoms with Crippen LogP contribution in [0.15, 0.2) is 72.3 Å². The van der Waals surface area contributed by atoms with E-state index in [1.54, 1.807) is 0 Å². The third-order valence-corrected chi connectivity index (χ3v) is 3.80. The normalized spacial score (nSPS) is 10.9. The van der Waals surface area contributed by atoms with E-state index in [9.17, 15) is 4.79 Å². The Balaban J connectivity index is 2.16. The van der Waals surface area contributed by atoms with Gasteiger partial charge in [-0.1, -0.05) is 66.7 Å². The third kappa shape index (κ3) is 5.44. The minimum absolute atomic E-state index is 0.0553. The van der Waals surface area contributed by atoms with Crippen molar-refractivity contribution in [3.8, 4) is 12.3 Å². The number of carbonyl (C=O) groups is 1. The summed E-state index contributed by atoms with van der Waals surface area (Å²) in [7, 11) is 0. The Morgan fingerprint density at radius 1 is 1.00 bits per heavy atom. The van der Waals surface area contributed by atoms with Crippen molar-refractivity contribution in [2.45, 2.75) is 32.9 Å². The summed E-state index contributed by atoms with van der Waals surface area (Å²) in [6.07, 6.45) is 8.61. The van der Waals surface area contributed by atoms with Crippen molar-refractivity contribution in [3.05, 3.63) is 83.4 Å². The predicted molar refractivity (Wildman–Crippen MR) is 99.0 cm³/mol. The van der Waals surface area contributed by atoms with Gasteiger partial charge in [0.2, 0.25) is 5.91 Å². The van der Waals surface area contributed by atoms with E-state index in [2.05, 4.69) is 5.92 Å². The van der Waals surface area contributed by atoms with Gasteiger partial charge < -0.3 is 4.90 Å². The molecule has 0 fully saturated rings. The van der Waals surface area contributed by atoms with Gasteiger partial charge in [0.25, 0.3) is 0 Å². The molecule has 2 nitrogen and oxygen atoms in total. The highest BCUT2D eigenvalue weighted by atomic mass is 16.2. The molecule has 0 aliphatic rings. The quantitative estimate of drug-likeness (QED) is 0.416. The second-order valence-electron chi connectivity index (χ2n) is 5.76. The molecule has 1 amide bonds. The molecule has 2 aromatic carbocycles. The van der Waals surface area contributed by atoms with E-state index in [1.807, 2.05) is 78.6 Å². The van der Waals surface area contributed by atoms with Gasteiger partial charge >= 0.3 is 0 Å². The van der Waals surface area contributed by atoms with Gasteiger partial charge in [0.05, 0.1) is 0 Å². The number of unbranched alkanes of at least 4 members (excludes halogenated alkanes) is 1. The zero-order valence-electron chi connectivity index (χ0n) is 14.1. The molecule has 0 radical (unpaired) electrons. The van der Waals surface area contributed by atoms with Crippen LogP contribution in [0, 0.1) is 12.3 Å². The number of terminal acetylenes is 1. The monoisotopic (exact) mass is 317 g/mol. The van der Waals surface area contributed by atoms with Crippen molar-refractivity contribution < 1.29 is 4.79 Å². The summed E-state index contributed by atoms with van der Waals surface area (Å²) in [4.78, 5) is 14.7. The van der Waals surface area contributed by atoms with Gasteiger partial charge in [0.15, 0.2) is 0 Å². The van der Waals surface area contributed by atoms with Crippen molar-refractivity contribution in [3.63, 3.8) is 0 Å². The highest BCUT2D eigenvalue weighted by Gasteiger charge is 2.16. The number of allylic oxidation sites excluding steroid dienone is 1. The van der Waals surface area contributed by atoms with E-state index in [4.69, 9.17) is 6.42 Å². The number of carbonyl (C=O) groups excluding carboxylic acids is 1. The fourth-order valence-electron chi connectivity index (χ4n) is 2.52. The first kappa shape index (κ1) is 17.6.